The Kier molecular flexibility index (Phi) is 3.59. The Morgan fingerprint density at radius 2 is 2.28 bits per heavy atom. The summed E-state index contributed by atoms with van der Waals surface area (Å²) < 4.78 is 1.55. The number of nitrogens with zero attached hydrogens (tertiary/aromatic N) is 2. The summed E-state index contributed by atoms with van der Waals surface area (Å²) in [5, 5.41) is 7.13. The maximum absolute atomic E-state index is 12.1. The monoisotopic (exact) mass is 250 g/mol. The molecule has 0 bridgehead atoms. The molecule has 1 aliphatic carbocycles. The molecule has 3 N–H and O–H groups in total. The van der Waals surface area contributed by atoms with E-state index in [2.05, 4.69) is 17.3 Å². The molecule has 100 valence electrons. The summed E-state index contributed by atoms with van der Waals surface area (Å²) in [7, 11) is 1.75. The maximum Gasteiger partial charge on any atom is 0.271 e. The van der Waals surface area contributed by atoms with E-state index in [1.807, 2.05) is 6.92 Å². The molecule has 5 heteroatoms. The number of carbonyl (C=O) groups is 1. The highest BCUT2D eigenvalue weighted by atomic mass is 16.2. The van der Waals surface area contributed by atoms with Crippen LogP contribution in [0.3, 0.4) is 0 Å². The van der Waals surface area contributed by atoms with Gasteiger partial charge in [0.2, 0.25) is 0 Å². The molecule has 18 heavy (non-hydrogen) atoms. The standard InChI is InChI=1S/C13H22N4O/c1-8-4-5-10(6-8)7-15-13(18)12-11(14)9(2)16-17(12)3/h8,10H,4-7,14H2,1-3H3,(H,15,18). The smallest absolute Gasteiger partial charge is 0.271 e. The number of aryl methyl sites for hydroxylation is 2. The van der Waals surface area contributed by atoms with Gasteiger partial charge < -0.3 is 11.1 Å². The summed E-state index contributed by atoms with van der Waals surface area (Å²) in [6, 6.07) is 0. The molecule has 2 rings (SSSR count). The quantitative estimate of drug-likeness (QED) is 0.853. The minimum Gasteiger partial charge on any atom is -0.395 e. The topological polar surface area (TPSA) is 72.9 Å². The third-order valence-corrected chi connectivity index (χ3v) is 3.84. The number of rotatable bonds is 3. The van der Waals surface area contributed by atoms with E-state index in [0.29, 0.717) is 23.0 Å². The number of carbonyl (C=O) groups excluding carboxylic acids is 1. The first-order chi connectivity index (χ1) is 8.49. The first-order valence-corrected chi connectivity index (χ1v) is 6.56. The summed E-state index contributed by atoms with van der Waals surface area (Å²) in [5.74, 6) is 1.28. The van der Waals surface area contributed by atoms with Crippen molar-refractivity contribution >= 4 is 11.6 Å². The normalized spacial score (nSPS) is 23.3. The van der Waals surface area contributed by atoms with Crippen molar-refractivity contribution < 1.29 is 4.79 Å². The van der Waals surface area contributed by atoms with E-state index in [9.17, 15) is 4.79 Å². The Morgan fingerprint density at radius 3 is 2.78 bits per heavy atom. The number of nitrogens with two attached hydrogens (primary N) is 1. The van der Waals surface area contributed by atoms with Crippen LogP contribution in [0, 0.1) is 18.8 Å². The molecular formula is C13H22N4O. The molecule has 1 aromatic heterocycles. The third-order valence-electron chi connectivity index (χ3n) is 3.84. The van der Waals surface area contributed by atoms with Gasteiger partial charge in [0.05, 0.1) is 11.4 Å². The highest BCUT2D eigenvalue weighted by Crippen LogP contribution is 2.29. The van der Waals surface area contributed by atoms with Crippen molar-refractivity contribution in [1.82, 2.24) is 15.1 Å². The van der Waals surface area contributed by atoms with Gasteiger partial charge in [-0.3, -0.25) is 9.48 Å². The summed E-state index contributed by atoms with van der Waals surface area (Å²) in [4.78, 5) is 12.1. The van der Waals surface area contributed by atoms with Gasteiger partial charge in [0.15, 0.2) is 0 Å². The highest BCUT2D eigenvalue weighted by molar-refractivity contribution is 5.97. The molecule has 0 radical (unpaired) electrons. The zero-order valence-corrected chi connectivity index (χ0v) is 11.4. The van der Waals surface area contributed by atoms with E-state index >= 15 is 0 Å². The summed E-state index contributed by atoms with van der Waals surface area (Å²) in [6.45, 7) is 4.82. The first kappa shape index (κ1) is 12.9. The van der Waals surface area contributed by atoms with Gasteiger partial charge >= 0.3 is 0 Å². The lowest BCUT2D eigenvalue weighted by atomic mass is 10.1. The zero-order valence-electron chi connectivity index (χ0n) is 11.4. The van der Waals surface area contributed by atoms with Crippen molar-refractivity contribution in [1.29, 1.82) is 0 Å². The Hall–Kier alpha value is -1.52. The van der Waals surface area contributed by atoms with Crippen molar-refractivity contribution in [2.45, 2.75) is 33.1 Å². The van der Waals surface area contributed by atoms with Crippen LogP contribution in [-0.2, 0) is 7.05 Å². The van der Waals surface area contributed by atoms with Gasteiger partial charge in [-0.15, -0.1) is 0 Å². The Morgan fingerprint density at radius 1 is 1.56 bits per heavy atom. The third kappa shape index (κ3) is 2.49. The minimum atomic E-state index is -0.116. The molecule has 2 unspecified atom stereocenters. The van der Waals surface area contributed by atoms with Crippen molar-refractivity contribution in [2.24, 2.45) is 18.9 Å². The molecule has 0 aliphatic heterocycles. The molecule has 1 aliphatic rings. The summed E-state index contributed by atoms with van der Waals surface area (Å²) >= 11 is 0. The van der Waals surface area contributed by atoms with E-state index in [0.717, 1.165) is 12.5 Å². The predicted molar refractivity (Wildman–Crippen MR) is 71.2 cm³/mol. The van der Waals surface area contributed by atoms with Crippen LogP contribution in [0.4, 0.5) is 5.69 Å². The van der Waals surface area contributed by atoms with Gasteiger partial charge in [0.1, 0.15) is 5.69 Å². The van der Waals surface area contributed by atoms with Crippen LogP contribution in [0.5, 0.6) is 0 Å². The van der Waals surface area contributed by atoms with Gasteiger partial charge in [-0.25, -0.2) is 0 Å². The lowest BCUT2D eigenvalue weighted by Gasteiger charge is -2.11. The minimum absolute atomic E-state index is 0.116. The van der Waals surface area contributed by atoms with E-state index in [4.69, 9.17) is 5.73 Å². The van der Waals surface area contributed by atoms with Crippen LogP contribution >= 0.6 is 0 Å². The molecule has 0 spiro atoms. The van der Waals surface area contributed by atoms with Crippen LogP contribution in [0.1, 0.15) is 42.4 Å². The van der Waals surface area contributed by atoms with Crippen molar-refractivity contribution in [2.75, 3.05) is 12.3 Å². The fraction of sp³-hybridized carbons (Fsp3) is 0.692. The largest absolute Gasteiger partial charge is 0.395 e. The highest BCUT2D eigenvalue weighted by Gasteiger charge is 2.23. The lowest BCUT2D eigenvalue weighted by Crippen LogP contribution is -2.30. The van der Waals surface area contributed by atoms with Crippen molar-refractivity contribution in [3.63, 3.8) is 0 Å². The molecule has 0 aromatic carbocycles. The number of hydrogen-bond acceptors (Lipinski definition) is 3. The molecule has 1 fully saturated rings. The van der Waals surface area contributed by atoms with Crippen LogP contribution in [0.15, 0.2) is 0 Å². The summed E-state index contributed by atoms with van der Waals surface area (Å²) in [6.07, 6.45) is 3.69. The fourth-order valence-corrected chi connectivity index (χ4v) is 2.77. The number of amides is 1. The van der Waals surface area contributed by atoms with Crippen molar-refractivity contribution in [3.05, 3.63) is 11.4 Å². The van der Waals surface area contributed by atoms with E-state index in [1.165, 1.54) is 19.3 Å². The first-order valence-electron chi connectivity index (χ1n) is 6.56. The molecule has 1 heterocycles. The second kappa shape index (κ2) is 5.00. The van der Waals surface area contributed by atoms with E-state index in [1.54, 1.807) is 11.7 Å². The average molecular weight is 250 g/mol. The fourth-order valence-electron chi connectivity index (χ4n) is 2.77. The zero-order chi connectivity index (χ0) is 13.3. The predicted octanol–water partition coefficient (Wildman–Crippen LogP) is 1.48. The number of aromatic nitrogens is 2. The second-order valence-corrected chi connectivity index (χ2v) is 5.47. The molecule has 5 nitrogen and oxygen atoms in total. The lowest BCUT2D eigenvalue weighted by molar-refractivity contribution is 0.0938. The number of nitrogens with one attached hydrogen (secondary N) is 1. The molecule has 1 saturated carbocycles. The van der Waals surface area contributed by atoms with Crippen LogP contribution in [-0.4, -0.2) is 22.2 Å². The van der Waals surface area contributed by atoms with E-state index < -0.39 is 0 Å². The second-order valence-electron chi connectivity index (χ2n) is 5.47. The van der Waals surface area contributed by atoms with Gasteiger partial charge in [0.25, 0.3) is 5.91 Å². The molecule has 2 atom stereocenters. The number of nitrogen functional groups attached to an aromatic ring is 1. The Bertz CT molecular complexity index is 452. The number of anilines is 1. The van der Waals surface area contributed by atoms with Crippen LogP contribution < -0.4 is 11.1 Å². The SMILES string of the molecule is Cc1nn(C)c(C(=O)NCC2CCC(C)C2)c1N. The van der Waals surface area contributed by atoms with Crippen LogP contribution in [0.25, 0.3) is 0 Å². The van der Waals surface area contributed by atoms with Crippen LogP contribution in [0.2, 0.25) is 0 Å². The Labute approximate surface area is 108 Å². The maximum atomic E-state index is 12.1. The van der Waals surface area contributed by atoms with Gasteiger partial charge in [0, 0.05) is 13.6 Å². The summed E-state index contributed by atoms with van der Waals surface area (Å²) in [5.41, 5.74) is 7.52. The molecule has 1 amide bonds. The van der Waals surface area contributed by atoms with E-state index in [-0.39, 0.29) is 5.91 Å². The molecule has 0 saturated heterocycles. The van der Waals surface area contributed by atoms with Crippen molar-refractivity contribution in [3.8, 4) is 0 Å². The van der Waals surface area contributed by atoms with Gasteiger partial charge in [-0.1, -0.05) is 13.3 Å². The molecule has 1 aromatic rings. The molecular weight excluding hydrogens is 228 g/mol. The number of hydrogen-bond donors (Lipinski definition) is 2. The Balaban J connectivity index is 1.95. The van der Waals surface area contributed by atoms with Gasteiger partial charge in [-0.2, -0.15) is 5.10 Å². The average Bonchev–Trinajstić information content (AvgIpc) is 2.82. The van der Waals surface area contributed by atoms with Gasteiger partial charge in [-0.05, 0) is 31.6 Å².